The van der Waals surface area contributed by atoms with Crippen LogP contribution in [0, 0.1) is 6.92 Å². The molecular weight excluding hydrogens is 310 g/mol. The number of para-hydroxylation sites is 1. The van der Waals surface area contributed by atoms with E-state index in [4.69, 9.17) is 4.98 Å². The van der Waals surface area contributed by atoms with Crippen molar-refractivity contribution in [1.29, 1.82) is 0 Å². The molecule has 0 fully saturated rings. The fourth-order valence-corrected chi connectivity index (χ4v) is 3.34. The maximum absolute atomic E-state index is 4.76. The number of hydrogen-bond acceptors (Lipinski definition) is 5. The van der Waals surface area contributed by atoms with Crippen LogP contribution in [0.25, 0.3) is 0 Å². The van der Waals surface area contributed by atoms with E-state index in [9.17, 15) is 0 Å². The van der Waals surface area contributed by atoms with Gasteiger partial charge in [-0.1, -0.05) is 24.3 Å². The Kier molecular flexibility index (Phi) is 4.06. The quantitative estimate of drug-likeness (QED) is 0.786. The van der Waals surface area contributed by atoms with Gasteiger partial charge in [0.1, 0.15) is 5.82 Å². The van der Waals surface area contributed by atoms with Crippen molar-refractivity contribution < 1.29 is 0 Å². The molecule has 5 heteroatoms. The van der Waals surface area contributed by atoms with Crippen LogP contribution in [0.1, 0.15) is 23.9 Å². The van der Waals surface area contributed by atoms with Crippen molar-refractivity contribution in [2.45, 2.75) is 32.9 Å². The van der Waals surface area contributed by atoms with Gasteiger partial charge in [0, 0.05) is 29.7 Å². The van der Waals surface area contributed by atoms with E-state index in [0.29, 0.717) is 18.5 Å². The minimum atomic E-state index is 0.385. The van der Waals surface area contributed by atoms with Gasteiger partial charge in [0.25, 0.3) is 0 Å². The monoisotopic (exact) mass is 331 g/mol. The highest BCUT2D eigenvalue weighted by Crippen LogP contribution is 2.37. The van der Waals surface area contributed by atoms with Gasteiger partial charge < -0.3 is 10.2 Å². The predicted octanol–water partition coefficient (Wildman–Crippen LogP) is 3.87. The third kappa shape index (κ3) is 3.18. The molecule has 4 rings (SSSR count). The fourth-order valence-electron chi connectivity index (χ4n) is 3.34. The molecule has 0 spiro atoms. The molecule has 0 aliphatic carbocycles. The van der Waals surface area contributed by atoms with Crippen molar-refractivity contribution in [2.24, 2.45) is 0 Å². The number of nitrogens with zero attached hydrogens (tertiary/aromatic N) is 4. The summed E-state index contributed by atoms with van der Waals surface area (Å²) in [5.41, 5.74) is 4.53. The zero-order chi connectivity index (χ0) is 17.2. The van der Waals surface area contributed by atoms with E-state index in [1.807, 2.05) is 31.2 Å². The van der Waals surface area contributed by atoms with Crippen LogP contribution in [0.2, 0.25) is 0 Å². The summed E-state index contributed by atoms with van der Waals surface area (Å²) in [4.78, 5) is 15.9. The molecule has 2 aromatic heterocycles. The highest BCUT2D eigenvalue weighted by atomic mass is 15.3. The van der Waals surface area contributed by atoms with Crippen LogP contribution in [-0.2, 0) is 13.0 Å². The van der Waals surface area contributed by atoms with Gasteiger partial charge in [-0.15, -0.1) is 0 Å². The summed E-state index contributed by atoms with van der Waals surface area (Å²) in [5.74, 6) is 1.57. The van der Waals surface area contributed by atoms with Gasteiger partial charge in [0.05, 0.1) is 12.2 Å². The molecule has 126 valence electrons. The normalized spacial score (nSPS) is 15.9. The van der Waals surface area contributed by atoms with Gasteiger partial charge in [0.15, 0.2) is 0 Å². The molecule has 3 heterocycles. The summed E-state index contributed by atoms with van der Waals surface area (Å²) in [6, 6.07) is 16.9. The molecule has 1 aliphatic rings. The average molecular weight is 331 g/mol. The van der Waals surface area contributed by atoms with Crippen LogP contribution in [0.15, 0.2) is 54.7 Å². The van der Waals surface area contributed by atoms with Crippen LogP contribution in [-0.4, -0.2) is 21.0 Å². The second-order valence-electron chi connectivity index (χ2n) is 6.42. The summed E-state index contributed by atoms with van der Waals surface area (Å²) in [5, 5.41) is 3.29. The number of fused-ring (bicyclic) bond motifs is 1. The van der Waals surface area contributed by atoms with Crippen molar-refractivity contribution in [2.75, 3.05) is 10.2 Å². The smallest absolute Gasteiger partial charge is 0.225 e. The van der Waals surface area contributed by atoms with Gasteiger partial charge in [-0.3, -0.25) is 4.98 Å². The maximum atomic E-state index is 4.76. The Bertz CT molecular complexity index is 878. The van der Waals surface area contributed by atoms with E-state index in [1.165, 1.54) is 11.3 Å². The number of anilines is 3. The van der Waals surface area contributed by atoms with Crippen LogP contribution in [0.4, 0.5) is 17.5 Å². The summed E-state index contributed by atoms with van der Waals surface area (Å²) in [7, 11) is 0. The fraction of sp³-hybridized carbons (Fsp3) is 0.250. The molecule has 25 heavy (non-hydrogen) atoms. The number of benzene rings is 1. The molecule has 1 atom stereocenters. The Labute approximate surface area is 147 Å². The number of aromatic nitrogens is 3. The first-order valence-corrected chi connectivity index (χ1v) is 8.57. The number of nitrogens with one attached hydrogen (secondary N) is 1. The van der Waals surface area contributed by atoms with Gasteiger partial charge in [-0.2, -0.15) is 4.98 Å². The molecule has 0 saturated heterocycles. The second kappa shape index (κ2) is 6.51. The molecule has 1 N–H and O–H groups in total. The van der Waals surface area contributed by atoms with E-state index in [2.05, 4.69) is 51.4 Å². The Morgan fingerprint density at radius 3 is 2.80 bits per heavy atom. The molecule has 1 aromatic carbocycles. The van der Waals surface area contributed by atoms with Gasteiger partial charge in [-0.05, 0) is 44.0 Å². The number of rotatable bonds is 4. The Morgan fingerprint density at radius 1 is 1.12 bits per heavy atom. The van der Waals surface area contributed by atoms with E-state index < -0.39 is 0 Å². The van der Waals surface area contributed by atoms with Gasteiger partial charge in [0.2, 0.25) is 5.95 Å². The first-order valence-electron chi connectivity index (χ1n) is 8.57. The Morgan fingerprint density at radius 2 is 1.96 bits per heavy atom. The van der Waals surface area contributed by atoms with Crippen molar-refractivity contribution in [3.8, 4) is 0 Å². The molecule has 0 saturated carbocycles. The molecule has 0 amide bonds. The minimum Gasteiger partial charge on any atom is -0.349 e. The van der Waals surface area contributed by atoms with Crippen molar-refractivity contribution >= 4 is 17.5 Å². The number of hydrogen-bond donors (Lipinski definition) is 1. The lowest BCUT2D eigenvalue weighted by molar-refractivity contribution is 0.748. The van der Waals surface area contributed by atoms with E-state index in [-0.39, 0.29) is 0 Å². The third-order valence-electron chi connectivity index (χ3n) is 4.45. The highest BCUT2D eigenvalue weighted by molar-refractivity contribution is 5.69. The van der Waals surface area contributed by atoms with Crippen molar-refractivity contribution in [3.63, 3.8) is 0 Å². The number of aryl methyl sites for hydroxylation is 1. The summed E-state index contributed by atoms with van der Waals surface area (Å²) < 4.78 is 0. The molecule has 5 nitrogen and oxygen atoms in total. The molecule has 1 unspecified atom stereocenters. The average Bonchev–Trinajstić information content (AvgIpc) is 2.96. The molecule has 1 aliphatic heterocycles. The van der Waals surface area contributed by atoms with Crippen molar-refractivity contribution in [3.05, 3.63) is 71.7 Å². The van der Waals surface area contributed by atoms with E-state index in [1.54, 1.807) is 6.20 Å². The predicted molar refractivity (Wildman–Crippen MR) is 100 cm³/mol. The van der Waals surface area contributed by atoms with Crippen LogP contribution in [0.3, 0.4) is 0 Å². The zero-order valence-corrected chi connectivity index (χ0v) is 14.5. The molecule has 0 radical (unpaired) electrons. The minimum absolute atomic E-state index is 0.385. The Balaban J connectivity index is 1.62. The lowest BCUT2D eigenvalue weighted by Crippen LogP contribution is -2.25. The zero-order valence-electron chi connectivity index (χ0n) is 14.5. The molecular formula is C20H21N5. The lowest BCUT2D eigenvalue weighted by atomic mass is 10.1. The SMILES string of the molecule is Cc1cc(N2c3ccccc3CC2C)nc(NCc2ccccn2)n1. The first-order chi connectivity index (χ1) is 12.2. The van der Waals surface area contributed by atoms with Gasteiger partial charge in [-0.25, -0.2) is 4.98 Å². The lowest BCUT2D eigenvalue weighted by Gasteiger charge is -2.24. The third-order valence-corrected chi connectivity index (χ3v) is 4.45. The molecule has 3 aromatic rings. The standard InChI is InChI=1S/C20H21N5/c1-14-11-19(25-15(2)12-16-7-3-4-9-18(16)25)24-20(23-14)22-13-17-8-5-6-10-21-17/h3-11,15H,12-13H2,1-2H3,(H,22,23,24). The van der Waals surface area contributed by atoms with Crippen LogP contribution < -0.4 is 10.2 Å². The summed E-state index contributed by atoms with van der Waals surface area (Å²) in [6.45, 7) is 4.85. The summed E-state index contributed by atoms with van der Waals surface area (Å²) in [6.07, 6.45) is 2.83. The first kappa shape index (κ1) is 15.6. The van der Waals surface area contributed by atoms with E-state index >= 15 is 0 Å². The second-order valence-corrected chi connectivity index (χ2v) is 6.42. The maximum Gasteiger partial charge on any atom is 0.225 e. The Hall–Kier alpha value is -2.95. The largest absolute Gasteiger partial charge is 0.349 e. The molecule has 0 bridgehead atoms. The summed E-state index contributed by atoms with van der Waals surface area (Å²) >= 11 is 0. The van der Waals surface area contributed by atoms with E-state index in [0.717, 1.165) is 23.6 Å². The van der Waals surface area contributed by atoms with Crippen molar-refractivity contribution in [1.82, 2.24) is 15.0 Å². The van der Waals surface area contributed by atoms with Gasteiger partial charge >= 0.3 is 0 Å². The number of pyridine rings is 1. The van der Waals surface area contributed by atoms with Crippen LogP contribution >= 0.6 is 0 Å². The topological polar surface area (TPSA) is 53.9 Å². The van der Waals surface area contributed by atoms with Crippen LogP contribution in [0.5, 0.6) is 0 Å². The highest BCUT2D eigenvalue weighted by Gasteiger charge is 2.28.